The van der Waals surface area contributed by atoms with E-state index in [-0.39, 0.29) is 0 Å². The highest BCUT2D eigenvalue weighted by molar-refractivity contribution is 7.90. The lowest BCUT2D eigenvalue weighted by Crippen LogP contribution is -2.59. The molecule has 2 aliphatic rings. The molecule has 1 atom stereocenters. The van der Waals surface area contributed by atoms with E-state index in [4.69, 9.17) is 5.14 Å². The SMILES string of the molecule is CN1c2ccc(-c3ccccc3)cc2C(CC2CCCCC2)(S(N)(=O)=O)C1(C)C. The fraction of sp³-hybridized carbons (Fsp3) is 0.500. The highest BCUT2D eigenvalue weighted by atomic mass is 32.2. The van der Waals surface area contributed by atoms with Gasteiger partial charge >= 0.3 is 0 Å². The van der Waals surface area contributed by atoms with Crippen LogP contribution >= 0.6 is 0 Å². The van der Waals surface area contributed by atoms with E-state index in [0.717, 1.165) is 35.2 Å². The highest BCUT2D eigenvalue weighted by Gasteiger charge is 2.62. The first kappa shape index (κ1) is 20.4. The van der Waals surface area contributed by atoms with Gasteiger partial charge in [-0.15, -0.1) is 0 Å². The van der Waals surface area contributed by atoms with Crippen LogP contribution in [0.15, 0.2) is 48.5 Å². The van der Waals surface area contributed by atoms with E-state index < -0.39 is 20.3 Å². The van der Waals surface area contributed by atoms with Gasteiger partial charge in [0.05, 0.1) is 5.54 Å². The van der Waals surface area contributed by atoms with E-state index in [1.54, 1.807) is 0 Å². The Hall–Kier alpha value is -1.85. The van der Waals surface area contributed by atoms with Gasteiger partial charge in [-0.1, -0.05) is 68.5 Å². The Morgan fingerprint density at radius 1 is 1.00 bits per heavy atom. The molecular formula is C24H32N2O2S. The fourth-order valence-electron chi connectivity index (χ4n) is 5.64. The van der Waals surface area contributed by atoms with Gasteiger partial charge in [-0.3, -0.25) is 0 Å². The number of primary sulfonamides is 1. The molecule has 1 unspecified atom stereocenters. The van der Waals surface area contributed by atoms with Crippen molar-refractivity contribution >= 4 is 15.7 Å². The van der Waals surface area contributed by atoms with Crippen molar-refractivity contribution in [2.45, 2.75) is 62.7 Å². The lowest BCUT2D eigenvalue weighted by Gasteiger charge is -2.45. The summed E-state index contributed by atoms with van der Waals surface area (Å²) in [6, 6.07) is 16.3. The molecule has 4 rings (SSSR count). The third-order valence-electron chi connectivity index (χ3n) is 7.51. The van der Waals surface area contributed by atoms with Crippen molar-refractivity contribution in [1.82, 2.24) is 0 Å². The van der Waals surface area contributed by atoms with Crippen molar-refractivity contribution in [1.29, 1.82) is 0 Å². The molecule has 0 bridgehead atoms. The molecule has 2 aromatic rings. The maximum atomic E-state index is 13.4. The van der Waals surface area contributed by atoms with Crippen LogP contribution < -0.4 is 10.0 Å². The van der Waals surface area contributed by atoms with Crippen LogP contribution in [0.3, 0.4) is 0 Å². The predicted octanol–water partition coefficient (Wildman–Crippen LogP) is 5.04. The van der Waals surface area contributed by atoms with Gasteiger partial charge in [0.25, 0.3) is 0 Å². The summed E-state index contributed by atoms with van der Waals surface area (Å²) in [7, 11) is -1.86. The summed E-state index contributed by atoms with van der Waals surface area (Å²) in [6.45, 7) is 4.06. The number of benzene rings is 2. The minimum absolute atomic E-state index is 0.390. The third-order valence-corrected chi connectivity index (χ3v) is 9.37. The first-order valence-corrected chi connectivity index (χ1v) is 12.2. The fourth-order valence-corrected chi connectivity index (χ4v) is 7.41. The second kappa shape index (κ2) is 7.13. The minimum Gasteiger partial charge on any atom is -0.367 e. The monoisotopic (exact) mass is 412 g/mol. The van der Waals surface area contributed by atoms with Crippen LogP contribution in [-0.4, -0.2) is 21.0 Å². The summed E-state index contributed by atoms with van der Waals surface area (Å²) in [5.74, 6) is 0.390. The van der Waals surface area contributed by atoms with Crippen LogP contribution in [0.5, 0.6) is 0 Å². The topological polar surface area (TPSA) is 63.4 Å². The van der Waals surface area contributed by atoms with Gasteiger partial charge in [0.2, 0.25) is 10.0 Å². The number of fused-ring (bicyclic) bond motifs is 1. The zero-order valence-corrected chi connectivity index (χ0v) is 18.5. The van der Waals surface area contributed by atoms with Crippen LogP contribution in [-0.2, 0) is 14.8 Å². The minimum atomic E-state index is -3.86. The van der Waals surface area contributed by atoms with Crippen LogP contribution in [0.2, 0.25) is 0 Å². The third kappa shape index (κ3) is 3.10. The molecule has 0 aromatic heterocycles. The second-order valence-corrected chi connectivity index (χ2v) is 11.1. The smallest absolute Gasteiger partial charge is 0.221 e. The molecule has 2 N–H and O–H groups in total. The molecule has 2 aromatic carbocycles. The first-order chi connectivity index (χ1) is 13.7. The van der Waals surface area contributed by atoms with Gasteiger partial charge in [-0.2, -0.15) is 0 Å². The molecule has 1 heterocycles. The zero-order chi connectivity index (χ0) is 20.9. The standard InChI is InChI=1S/C24H32N2O2S/c1-23(2)24(29(25,27)28,17-18-10-6-4-7-11-18)21-16-20(14-15-22(21)26(23)3)19-12-8-5-9-13-19/h5,8-9,12-16,18H,4,6-7,10-11,17H2,1-3H3,(H2,25,27,28). The van der Waals surface area contributed by atoms with Gasteiger partial charge in [0.1, 0.15) is 4.75 Å². The van der Waals surface area contributed by atoms with E-state index in [0.29, 0.717) is 12.3 Å². The molecule has 0 amide bonds. The zero-order valence-electron chi connectivity index (χ0n) is 17.7. The second-order valence-electron chi connectivity index (χ2n) is 9.30. The quantitative estimate of drug-likeness (QED) is 0.765. The van der Waals surface area contributed by atoms with Gasteiger partial charge in [-0.25, -0.2) is 13.6 Å². The number of nitrogens with two attached hydrogens (primary N) is 1. The van der Waals surface area contributed by atoms with Crippen molar-refractivity contribution < 1.29 is 8.42 Å². The molecule has 156 valence electrons. The molecule has 0 spiro atoms. The number of hydrogen-bond acceptors (Lipinski definition) is 3. The lowest BCUT2D eigenvalue weighted by molar-refractivity contribution is 0.249. The van der Waals surface area contributed by atoms with E-state index in [1.165, 1.54) is 19.3 Å². The molecule has 1 fully saturated rings. The number of rotatable bonds is 4. The number of hydrogen-bond donors (Lipinski definition) is 1. The van der Waals surface area contributed by atoms with Crippen LogP contribution in [0.4, 0.5) is 5.69 Å². The number of nitrogens with zero attached hydrogens (tertiary/aromatic N) is 1. The van der Waals surface area contributed by atoms with Crippen molar-refractivity contribution in [2.75, 3.05) is 11.9 Å². The largest absolute Gasteiger partial charge is 0.367 e. The van der Waals surface area contributed by atoms with Crippen LogP contribution in [0.1, 0.15) is 57.9 Å². The number of likely N-dealkylation sites (N-methyl/N-ethyl adjacent to an activating group) is 1. The maximum Gasteiger partial charge on any atom is 0.221 e. The van der Waals surface area contributed by atoms with Crippen LogP contribution in [0.25, 0.3) is 11.1 Å². The van der Waals surface area contributed by atoms with Gasteiger partial charge in [0.15, 0.2) is 0 Å². The highest BCUT2D eigenvalue weighted by Crippen LogP contribution is 2.57. The van der Waals surface area contributed by atoms with E-state index in [2.05, 4.69) is 35.2 Å². The van der Waals surface area contributed by atoms with Crippen molar-refractivity contribution in [3.05, 3.63) is 54.1 Å². The molecule has 1 aliphatic carbocycles. The molecule has 0 saturated heterocycles. The maximum absolute atomic E-state index is 13.4. The summed E-state index contributed by atoms with van der Waals surface area (Å²) >= 11 is 0. The van der Waals surface area contributed by atoms with E-state index in [1.807, 2.05) is 39.1 Å². The Morgan fingerprint density at radius 3 is 2.28 bits per heavy atom. The average molecular weight is 413 g/mol. The van der Waals surface area contributed by atoms with E-state index >= 15 is 0 Å². The van der Waals surface area contributed by atoms with Gasteiger partial charge in [-0.05, 0) is 49.4 Å². The predicted molar refractivity (Wildman–Crippen MR) is 120 cm³/mol. The normalized spacial score (nSPS) is 24.5. The summed E-state index contributed by atoms with van der Waals surface area (Å²) in [5, 5.41) is 6.08. The Morgan fingerprint density at radius 2 is 1.66 bits per heavy atom. The number of anilines is 1. The molecular weight excluding hydrogens is 380 g/mol. The van der Waals surface area contributed by atoms with Crippen molar-refractivity contribution in [3.8, 4) is 11.1 Å². The average Bonchev–Trinajstić information content (AvgIpc) is 2.87. The summed E-state index contributed by atoms with van der Waals surface area (Å²) in [5.41, 5.74) is 3.32. The number of sulfonamides is 1. The Bertz CT molecular complexity index is 995. The summed E-state index contributed by atoms with van der Waals surface area (Å²) in [4.78, 5) is 2.12. The Kier molecular flexibility index (Phi) is 5.02. The summed E-state index contributed by atoms with van der Waals surface area (Å²) in [6.07, 6.45) is 6.37. The molecule has 29 heavy (non-hydrogen) atoms. The summed E-state index contributed by atoms with van der Waals surface area (Å²) < 4.78 is 25.6. The molecule has 1 saturated carbocycles. The van der Waals surface area contributed by atoms with Gasteiger partial charge in [0, 0.05) is 18.3 Å². The molecule has 1 aliphatic heterocycles. The first-order valence-electron chi connectivity index (χ1n) is 10.6. The van der Waals surface area contributed by atoms with E-state index in [9.17, 15) is 8.42 Å². The van der Waals surface area contributed by atoms with Crippen molar-refractivity contribution in [2.24, 2.45) is 11.1 Å². The molecule has 4 nitrogen and oxygen atoms in total. The molecule has 5 heteroatoms. The Labute approximate surface area is 175 Å². The van der Waals surface area contributed by atoms with Gasteiger partial charge < -0.3 is 4.90 Å². The van der Waals surface area contributed by atoms with Crippen LogP contribution in [0, 0.1) is 5.92 Å². The Balaban J connectivity index is 1.92. The lowest BCUT2D eigenvalue weighted by atomic mass is 9.74. The van der Waals surface area contributed by atoms with Crippen molar-refractivity contribution in [3.63, 3.8) is 0 Å². The molecule has 0 radical (unpaired) electrons.